The molecule has 2 aromatic rings. The van der Waals surface area contributed by atoms with Crippen molar-refractivity contribution in [2.24, 2.45) is 0 Å². The highest BCUT2D eigenvalue weighted by Gasteiger charge is 2.13. The lowest BCUT2D eigenvalue weighted by Gasteiger charge is -2.16. The summed E-state index contributed by atoms with van der Waals surface area (Å²) < 4.78 is 12.8. The Balaban J connectivity index is 0.00000480. The van der Waals surface area contributed by atoms with E-state index in [1.165, 1.54) is 38.5 Å². The first-order valence-corrected chi connectivity index (χ1v) is 12.3. The summed E-state index contributed by atoms with van der Waals surface area (Å²) in [7, 11) is 0. The Kier molecular flexibility index (Phi) is 14.7. The summed E-state index contributed by atoms with van der Waals surface area (Å²) in [6.45, 7) is 6.96. The summed E-state index contributed by atoms with van der Waals surface area (Å²) >= 11 is 15.9. The fourth-order valence-corrected chi connectivity index (χ4v) is 4.25. The van der Waals surface area contributed by atoms with E-state index in [0.717, 1.165) is 34.4 Å². The molecule has 31 heavy (non-hydrogen) atoms. The number of unbranched alkanes of at least 4 members (excludes halogenated alkanes) is 5. The molecule has 0 aliphatic heterocycles. The molecule has 0 bridgehead atoms. The Hall–Kier alpha value is -0.650. The van der Waals surface area contributed by atoms with Gasteiger partial charge in [-0.15, -0.1) is 12.4 Å². The molecule has 0 amide bonds. The molecule has 0 saturated heterocycles. The Bertz CT molecular complexity index is 790. The topological polar surface area (TPSA) is 30.5 Å². The maximum absolute atomic E-state index is 6.26. The third-order valence-electron chi connectivity index (χ3n) is 4.79. The first-order valence-electron chi connectivity index (χ1n) is 10.8. The number of halogens is 4. The van der Waals surface area contributed by atoms with Crippen molar-refractivity contribution in [2.45, 2.75) is 65.5 Å². The molecule has 0 spiro atoms. The van der Waals surface area contributed by atoms with Gasteiger partial charge in [-0.25, -0.2) is 0 Å². The van der Waals surface area contributed by atoms with Crippen molar-refractivity contribution in [3.05, 3.63) is 56.0 Å². The van der Waals surface area contributed by atoms with E-state index in [-0.39, 0.29) is 12.4 Å². The highest BCUT2D eigenvalue weighted by molar-refractivity contribution is 9.10. The highest BCUT2D eigenvalue weighted by atomic mass is 79.9. The summed E-state index contributed by atoms with van der Waals surface area (Å²) in [5, 5.41) is 4.73. The van der Waals surface area contributed by atoms with Crippen LogP contribution in [0.25, 0.3) is 0 Å². The second-order valence-electron chi connectivity index (χ2n) is 7.31. The van der Waals surface area contributed by atoms with Crippen LogP contribution in [0.3, 0.4) is 0 Å². The average Bonchev–Trinajstić information content (AvgIpc) is 2.71. The van der Waals surface area contributed by atoms with Gasteiger partial charge in [-0.2, -0.15) is 0 Å². The van der Waals surface area contributed by atoms with Gasteiger partial charge in [-0.3, -0.25) is 0 Å². The van der Waals surface area contributed by atoms with Gasteiger partial charge >= 0.3 is 0 Å². The molecule has 0 unspecified atom stereocenters. The Morgan fingerprint density at radius 1 is 0.935 bits per heavy atom. The lowest BCUT2D eigenvalue weighted by molar-refractivity contribution is 0.267. The number of rotatable bonds is 14. The first-order chi connectivity index (χ1) is 14.5. The fraction of sp³-hybridized carbons (Fsp3) is 0.500. The van der Waals surface area contributed by atoms with Gasteiger partial charge in [-0.1, -0.05) is 68.3 Å². The molecule has 7 heteroatoms. The zero-order valence-corrected chi connectivity index (χ0v) is 22.2. The molecular formula is C24H33BrCl3NO2. The number of hydrogen-bond acceptors (Lipinski definition) is 3. The van der Waals surface area contributed by atoms with Gasteiger partial charge in [0.2, 0.25) is 0 Å². The normalized spacial score (nSPS) is 10.6. The van der Waals surface area contributed by atoms with Crippen LogP contribution in [-0.2, 0) is 13.2 Å². The molecule has 0 fully saturated rings. The minimum Gasteiger partial charge on any atom is -0.490 e. The molecule has 2 rings (SSSR count). The van der Waals surface area contributed by atoms with Gasteiger partial charge in [0.1, 0.15) is 6.61 Å². The van der Waals surface area contributed by atoms with Crippen LogP contribution in [0.2, 0.25) is 10.0 Å². The summed E-state index contributed by atoms with van der Waals surface area (Å²) in [6.07, 6.45) is 7.83. The Labute approximate surface area is 211 Å². The van der Waals surface area contributed by atoms with Crippen molar-refractivity contribution in [3.8, 4) is 11.5 Å². The molecule has 0 aliphatic rings. The van der Waals surface area contributed by atoms with Crippen molar-refractivity contribution in [1.82, 2.24) is 5.32 Å². The average molecular weight is 554 g/mol. The second kappa shape index (κ2) is 16.0. The fourth-order valence-electron chi connectivity index (χ4n) is 3.18. The van der Waals surface area contributed by atoms with Gasteiger partial charge in [-0.05, 0) is 65.6 Å². The van der Waals surface area contributed by atoms with Crippen LogP contribution in [0, 0.1) is 0 Å². The van der Waals surface area contributed by atoms with Crippen molar-refractivity contribution in [2.75, 3.05) is 13.2 Å². The number of benzene rings is 2. The molecule has 0 saturated carbocycles. The van der Waals surface area contributed by atoms with E-state index in [2.05, 4.69) is 34.2 Å². The second-order valence-corrected chi connectivity index (χ2v) is 9.00. The van der Waals surface area contributed by atoms with Crippen LogP contribution >= 0.6 is 51.5 Å². The van der Waals surface area contributed by atoms with Crippen LogP contribution < -0.4 is 14.8 Å². The van der Waals surface area contributed by atoms with Crippen LogP contribution in [0.1, 0.15) is 63.5 Å². The largest absolute Gasteiger partial charge is 0.490 e. The smallest absolute Gasteiger partial charge is 0.175 e. The summed E-state index contributed by atoms with van der Waals surface area (Å²) in [5.74, 6) is 1.41. The van der Waals surface area contributed by atoms with Crippen LogP contribution in [0.15, 0.2) is 34.8 Å². The van der Waals surface area contributed by atoms with Crippen LogP contribution in [0.4, 0.5) is 0 Å². The van der Waals surface area contributed by atoms with Gasteiger partial charge in [0.15, 0.2) is 11.5 Å². The molecule has 0 heterocycles. The molecular weight excluding hydrogens is 521 g/mol. The number of nitrogens with one attached hydrogen (secondary N) is 1. The minimum atomic E-state index is 0. The maximum Gasteiger partial charge on any atom is 0.175 e. The summed E-state index contributed by atoms with van der Waals surface area (Å²) in [5.41, 5.74) is 2.04. The quantitative estimate of drug-likeness (QED) is 0.238. The van der Waals surface area contributed by atoms with Gasteiger partial charge < -0.3 is 14.8 Å². The standard InChI is InChI=1S/C24H32BrCl2NO2.ClH/c1-3-5-6-7-8-9-12-28-16-18-13-21(25)24(23(14-18)29-4-2)30-17-19-10-11-20(26)15-22(19)27;/h10-11,13-15,28H,3-9,12,16-17H2,1-2H3;1H. The molecule has 0 atom stereocenters. The third-order valence-corrected chi connectivity index (χ3v) is 5.97. The predicted octanol–water partition coefficient (Wildman–Crippen LogP) is 8.61. The number of hydrogen-bond donors (Lipinski definition) is 1. The van der Waals surface area contributed by atoms with Crippen molar-refractivity contribution >= 4 is 51.5 Å². The van der Waals surface area contributed by atoms with E-state index < -0.39 is 0 Å². The lowest BCUT2D eigenvalue weighted by atomic mass is 10.1. The zero-order chi connectivity index (χ0) is 21.8. The molecule has 1 N–H and O–H groups in total. The molecule has 3 nitrogen and oxygen atoms in total. The Morgan fingerprint density at radius 2 is 1.68 bits per heavy atom. The number of ether oxygens (including phenoxy) is 2. The van der Waals surface area contributed by atoms with E-state index in [4.69, 9.17) is 32.7 Å². The molecule has 0 aromatic heterocycles. The van der Waals surface area contributed by atoms with E-state index in [1.807, 2.05) is 25.1 Å². The third kappa shape index (κ3) is 10.2. The van der Waals surface area contributed by atoms with Gasteiger partial charge in [0, 0.05) is 22.2 Å². The van der Waals surface area contributed by atoms with Crippen molar-refractivity contribution in [1.29, 1.82) is 0 Å². The SMILES string of the molecule is CCCCCCCCNCc1cc(Br)c(OCc2ccc(Cl)cc2Cl)c(OCC)c1.Cl. The lowest BCUT2D eigenvalue weighted by Crippen LogP contribution is -2.15. The van der Waals surface area contributed by atoms with E-state index >= 15 is 0 Å². The van der Waals surface area contributed by atoms with Crippen molar-refractivity contribution < 1.29 is 9.47 Å². The predicted molar refractivity (Wildman–Crippen MR) is 138 cm³/mol. The molecule has 0 aliphatic carbocycles. The van der Waals surface area contributed by atoms with Gasteiger partial charge in [0.05, 0.1) is 11.1 Å². The van der Waals surface area contributed by atoms with E-state index in [1.54, 1.807) is 6.07 Å². The zero-order valence-electron chi connectivity index (χ0n) is 18.3. The monoisotopic (exact) mass is 551 g/mol. The van der Waals surface area contributed by atoms with E-state index in [9.17, 15) is 0 Å². The van der Waals surface area contributed by atoms with E-state index in [0.29, 0.717) is 29.0 Å². The van der Waals surface area contributed by atoms with Crippen LogP contribution in [0.5, 0.6) is 11.5 Å². The van der Waals surface area contributed by atoms with Gasteiger partial charge in [0.25, 0.3) is 0 Å². The first kappa shape index (κ1) is 28.4. The molecule has 0 radical (unpaired) electrons. The maximum atomic E-state index is 6.26. The van der Waals surface area contributed by atoms with Crippen LogP contribution in [-0.4, -0.2) is 13.2 Å². The molecule has 2 aromatic carbocycles. The molecule has 174 valence electrons. The highest BCUT2D eigenvalue weighted by Crippen LogP contribution is 2.38. The summed E-state index contributed by atoms with van der Waals surface area (Å²) in [4.78, 5) is 0. The van der Waals surface area contributed by atoms with Crippen molar-refractivity contribution in [3.63, 3.8) is 0 Å². The Morgan fingerprint density at radius 3 is 2.39 bits per heavy atom. The summed E-state index contributed by atoms with van der Waals surface area (Å²) in [6, 6.07) is 9.53. The minimum absolute atomic E-state index is 0.